The van der Waals surface area contributed by atoms with Gasteiger partial charge < -0.3 is 10.2 Å². The Hall–Kier alpha value is -0.340. The number of hydrogen-bond donors (Lipinski definition) is 2. The van der Waals surface area contributed by atoms with E-state index in [2.05, 4.69) is 6.58 Å². The van der Waals surface area contributed by atoms with Crippen LogP contribution in [-0.4, -0.2) is 21.4 Å². The molecule has 0 aliphatic heterocycles. The fourth-order valence-corrected chi connectivity index (χ4v) is 1.84. The lowest BCUT2D eigenvalue weighted by Crippen LogP contribution is -2.45. The van der Waals surface area contributed by atoms with E-state index in [1.54, 1.807) is 6.08 Å². The minimum atomic E-state index is -0.677. The van der Waals surface area contributed by atoms with Crippen molar-refractivity contribution < 1.29 is 10.2 Å². The average Bonchev–Trinajstić information content (AvgIpc) is 1.95. The summed E-state index contributed by atoms with van der Waals surface area (Å²) in [7, 11) is 0. The Labute approximate surface area is 73.9 Å². The summed E-state index contributed by atoms with van der Waals surface area (Å²) >= 11 is 0. The lowest BCUT2D eigenvalue weighted by Gasteiger charge is -2.42. The van der Waals surface area contributed by atoms with E-state index in [1.807, 2.05) is 13.8 Å². The Balaban J connectivity index is 2.73. The third-order valence-corrected chi connectivity index (χ3v) is 2.91. The second-order valence-corrected chi connectivity index (χ2v) is 4.40. The zero-order valence-electron chi connectivity index (χ0n) is 7.88. The molecule has 1 aliphatic rings. The second-order valence-electron chi connectivity index (χ2n) is 4.40. The fraction of sp³-hybridized carbons (Fsp3) is 0.800. The molecule has 2 N–H and O–H groups in total. The third kappa shape index (κ3) is 1.87. The van der Waals surface area contributed by atoms with Crippen LogP contribution >= 0.6 is 0 Å². The standard InChI is InChI=1S/C10H18O2/c1-4-8-7-9(2,11)5-6-10(8,3)12/h4,8,11-12H,1,5-7H2,2-3H3/t8-,9-,10+/m1/s1. The summed E-state index contributed by atoms with van der Waals surface area (Å²) < 4.78 is 0. The summed E-state index contributed by atoms with van der Waals surface area (Å²) in [5, 5.41) is 19.6. The first kappa shape index (κ1) is 9.75. The van der Waals surface area contributed by atoms with Gasteiger partial charge in [0.2, 0.25) is 0 Å². The molecule has 0 aromatic rings. The predicted molar refractivity (Wildman–Crippen MR) is 48.8 cm³/mol. The van der Waals surface area contributed by atoms with E-state index in [1.165, 1.54) is 0 Å². The van der Waals surface area contributed by atoms with Crippen LogP contribution in [0.3, 0.4) is 0 Å². The maximum absolute atomic E-state index is 9.88. The van der Waals surface area contributed by atoms with Crippen molar-refractivity contribution in [3.63, 3.8) is 0 Å². The highest BCUT2D eigenvalue weighted by Crippen LogP contribution is 2.39. The van der Waals surface area contributed by atoms with Crippen LogP contribution in [0, 0.1) is 5.92 Å². The van der Waals surface area contributed by atoms with Gasteiger partial charge in [-0.15, -0.1) is 6.58 Å². The minimum Gasteiger partial charge on any atom is -0.390 e. The van der Waals surface area contributed by atoms with Crippen molar-refractivity contribution in [3.05, 3.63) is 12.7 Å². The molecule has 70 valence electrons. The van der Waals surface area contributed by atoms with Gasteiger partial charge in [-0.1, -0.05) is 6.08 Å². The summed E-state index contributed by atoms with van der Waals surface area (Å²) in [6.45, 7) is 7.31. The average molecular weight is 170 g/mol. The fourth-order valence-electron chi connectivity index (χ4n) is 1.84. The predicted octanol–water partition coefficient (Wildman–Crippen LogP) is 1.47. The highest BCUT2D eigenvalue weighted by atomic mass is 16.3. The van der Waals surface area contributed by atoms with Gasteiger partial charge in [0.05, 0.1) is 11.2 Å². The van der Waals surface area contributed by atoms with Crippen molar-refractivity contribution in [3.8, 4) is 0 Å². The normalized spacial score (nSPS) is 48.8. The van der Waals surface area contributed by atoms with Gasteiger partial charge in [0, 0.05) is 5.92 Å². The van der Waals surface area contributed by atoms with Gasteiger partial charge >= 0.3 is 0 Å². The van der Waals surface area contributed by atoms with Crippen molar-refractivity contribution >= 4 is 0 Å². The smallest absolute Gasteiger partial charge is 0.0684 e. The zero-order chi connectivity index (χ0) is 9.41. The lowest BCUT2D eigenvalue weighted by molar-refractivity contribution is -0.0892. The van der Waals surface area contributed by atoms with Crippen LogP contribution in [0.15, 0.2) is 12.7 Å². The molecular formula is C10H18O2. The molecule has 1 rings (SSSR count). The molecule has 1 aliphatic carbocycles. The van der Waals surface area contributed by atoms with Crippen LogP contribution < -0.4 is 0 Å². The molecule has 0 saturated heterocycles. The Kier molecular flexibility index (Phi) is 2.32. The lowest BCUT2D eigenvalue weighted by atomic mass is 9.70. The van der Waals surface area contributed by atoms with E-state index in [4.69, 9.17) is 0 Å². The largest absolute Gasteiger partial charge is 0.390 e. The molecule has 0 heterocycles. The molecule has 2 nitrogen and oxygen atoms in total. The topological polar surface area (TPSA) is 40.5 Å². The van der Waals surface area contributed by atoms with E-state index in [9.17, 15) is 10.2 Å². The molecule has 0 amide bonds. The molecule has 0 bridgehead atoms. The summed E-state index contributed by atoms with van der Waals surface area (Å²) in [4.78, 5) is 0. The molecule has 1 fully saturated rings. The zero-order valence-corrected chi connectivity index (χ0v) is 7.88. The number of rotatable bonds is 1. The number of hydrogen-bond acceptors (Lipinski definition) is 2. The first-order chi connectivity index (χ1) is 5.37. The maximum atomic E-state index is 9.88. The van der Waals surface area contributed by atoms with Crippen molar-refractivity contribution in [2.24, 2.45) is 5.92 Å². The van der Waals surface area contributed by atoms with E-state index < -0.39 is 11.2 Å². The number of aliphatic hydroxyl groups is 2. The molecule has 0 aromatic carbocycles. The van der Waals surface area contributed by atoms with Gasteiger partial charge in [-0.05, 0) is 33.1 Å². The first-order valence-corrected chi connectivity index (χ1v) is 4.45. The van der Waals surface area contributed by atoms with Gasteiger partial charge in [-0.3, -0.25) is 0 Å². The summed E-state index contributed by atoms with van der Waals surface area (Å²) in [5.41, 5.74) is -1.30. The molecule has 0 unspecified atom stereocenters. The summed E-state index contributed by atoms with van der Waals surface area (Å²) in [6, 6.07) is 0. The van der Waals surface area contributed by atoms with E-state index in [-0.39, 0.29) is 5.92 Å². The molecule has 3 atom stereocenters. The van der Waals surface area contributed by atoms with E-state index in [0.29, 0.717) is 19.3 Å². The first-order valence-electron chi connectivity index (χ1n) is 4.45. The Morgan fingerprint density at radius 1 is 1.33 bits per heavy atom. The molecule has 0 radical (unpaired) electrons. The highest BCUT2D eigenvalue weighted by Gasteiger charge is 2.41. The van der Waals surface area contributed by atoms with Crippen LogP contribution in [0.25, 0.3) is 0 Å². The highest BCUT2D eigenvalue weighted by molar-refractivity contribution is 5.01. The summed E-state index contributed by atoms with van der Waals surface area (Å²) in [5.74, 6) is 0.0150. The maximum Gasteiger partial charge on any atom is 0.0684 e. The van der Waals surface area contributed by atoms with Crippen molar-refractivity contribution in [2.45, 2.75) is 44.3 Å². The van der Waals surface area contributed by atoms with Crippen LogP contribution in [0.4, 0.5) is 0 Å². The van der Waals surface area contributed by atoms with Gasteiger partial charge in [0.15, 0.2) is 0 Å². The molecule has 12 heavy (non-hydrogen) atoms. The van der Waals surface area contributed by atoms with Crippen molar-refractivity contribution in [1.29, 1.82) is 0 Å². The van der Waals surface area contributed by atoms with E-state index >= 15 is 0 Å². The van der Waals surface area contributed by atoms with E-state index in [0.717, 1.165) is 0 Å². The summed E-state index contributed by atoms with van der Waals surface area (Å²) in [6.07, 6.45) is 3.68. The Bertz CT molecular complexity index is 182. The van der Waals surface area contributed by atoms with Crippen molar-refractivity contribution in [1.82, 2.24) is 0 Å². The van der Waals surface area contributed by atoms with Gasteiger partial charge in [-0.25, -0.2) is 0 Å². The molecular weight excluding hydrogens is 152 g/mol. The Morgan fingerprint density at radius 2 is 1.92 bits per heavy atom. The molecule has 0 spiro atoms. The van der Waals surface area contributed by atoms with Gasteiger partial charge in [0.1, 0.15) is 0 Å². The quantitative estimate of drug-likeness (QED) is 0.585. The van der Waals surface area contributed by atoms with Gasteiger partial charge in [-0.2, -0.15) is 0 Å². The van der Waals surface area contributed by atoms with Crippen molar-refractivity contribution in [2.75, 3.05) is 0 Å². The van der Waals surface area contributed by atoms with Crippen LogP contribution in [-0.2, 0) is 0 Å². The minimum absolute atomic E-state index is 0.0150. The molecule has 0 aromatic heterocycles. The SMILES string of the molecule is C=C[C@@H]1C[C@](C)(O)CC[C@]1(C)O. The Morgan fingerprint density at radius 3 is 2.33 bits per heavy atom. The van der Waals surface area contributed by atoms with Crippen LogP contribution in [0.2, 0.25) is 0 Å². The monoisotopic (exact) mass is 170 g/mol. The molecule has 2 heteroatoms. The second kappa shape index (κ2) is 2.86. The van der Waals surface area contributed by atoms with Crippen LogP contribution in [0.1, 0.15) is 33.1 Å². The van der Waals surface area contributed by atoms with Gasteiger partial charge in [0.25, 0.3) is 0 Å². The van der Waals surface area contributed by atoms with Crippen LogP contribution in [0.5, 0.6) is 0 Å². The molecule has 1 saturated carbocycles. The third-order valence-electron chi connectivity index (χ3n) is 2.91.